The van der Waals surface area contributed by atoms with Gasteiger partial charge < -0.3 is 9.29 Å². The SMILES string of the molecule is CCOc1ccc2c(ccc(/C=C\c3cccc([N+](=O)[O-])c3)[n+]2C)c1.COS(=O)(=O)[O-]. The predicted octanol–water partition coefficient (Wildman–Crippen LogP) is 3.23. The molecule has 3 aromatic rings. The quantitative estimate of drug-likeness (QED) is 0.187. The molecule has 1 aromatic heterocycles. The van der Waals surface area contributed by atoms with E-state index in [0.29, 0.717) is 6.61 Å². The first kappa shape index (κ1) is 23.9. The van der Waals surface area contributed by atoms with Crippen molar-refractivity contribution in [3.05, 3.63) is 76.0 Å². The van der Waals surface area contributed by atoms with E-state index in [0.717, 1.165) is 35.0 Å². The minimum Gasteiger partial charge on any atom is -0.726 e. The third-order valence-corrected chi connectivity index (χ3v) is 4.63. The first-order valence-corrected chi connectivity index (χ1v) is 10.5. The Balaban J connectivity index is 0.000000501. The molecule has 0 aliphatic rings. The van der Waals surface area contributed by atoms with Crippen molar-refractivity contribution in [1.82, 2.24) is 0 Å². The molecule has 0 aliphatic heterocycles. The molecule has 9 nitrogen and oxygen atoms in total. The van der Waals surface area contributed by atoms with Crippen molar-refractivity contribution in [1.29, 1.82) is 0 Å². The number of nitro benzene ring substituents is 1. The van der Waals surface area contributed by atoms with E-state index in [2.05, 4.69) is 8.75 Å². The zero-order valence-corrected chi connectivity index (χ0v) is 18.0. The van der Waals surface area contributed by atoms with Gasteiger partial charge in [0.2, 0.25) is 21.6 Å². The van der Waals surface area contributed by atoms with Crippen molar-refractivity contribution < 1.29 is 31.4 Å². The molecule has 0 fully saturated rings. The third kappa shape index (κ3) is 7.14. The summed E-state index contributed by atoms with van der Waals surface area (Å²) in [5.74, 6) is 0.856. The summed E-state index contributed by atoms with van der Waals surface area (Å²) >= 11 is 0. The lowest BCUT2D eigenvalue weighted by molar-refractivity contribution is -0.646. The summed E-state index contributed by atoms with van der Waals surface area (Å²) in [6.45, 7) is 2.60. The van der Waals surface area contributed by atoms with E-state index in [9.17, 15) is 23.1 Å². The summed E-state index contributed by atoms with van der Waals surface area (Å²) in [5, 5.41) is 12.0. The second-order valence-electron chi connectivity index (χ2n) is 6.23. The normalized spacial score (nSPS) is 11.2. The van der Waals surface area contributed by atoms with Crippen molar-refractivity contribution in [2.75, 3.05) is 13.7 Å². The number of aryl methyl sites for hydroxylation is 1. The van der Waals surface area contributed by atoms with Crippen molar-refractivity contribution >= 4 is 39.1 Å². The largest absolute Gasteiger partial charge is 0.726 e. The molecule has 0 N–H and O–H groups in total. The fourth-order valence-corrected chi connectivity index (χ4v) is 2.75. The Hall–Kier alpha value is -3.34. The van der Waals surface area contributed by atoms with E-state index in [1.54, 1.807) is 12.1 Å². The molecule has 0 spiro atoms. The molecule has 3 rings (SSSR count). The molecule has 0 aliphatic carbocycles. The van der Waals surface area contributed by atoms with E-state index in [4.69, 9.17) is 4.74 Å². The van der Waals surface area contributed by atoms with Gasteiger partial charge in [0, 0.05) is 30.3 Å². The molecular weight excluding hydrogens is 424 g/mol. The standard InChI is InChI=1S/C20H19N2O3.CH4O4S/c1-3-25-19-11-12-20-16(14-19)8-10-17(21(20)2)9-7-15-5-4-6-18(13-15)22(23)24;1-5-6(2,3)4/h4-14H,3H2,1-2H3;1H3,(H,2,3,4)/q+1;/p-1/b9-7-;. The average Bonchev–Trinajstić information content (AvgIpc) is 2.73. The minimum atomic E-state index is -4.41. The zero-order valence-electron chi connectivity index (χ0n) is 17.2. The summed E-state index contributed by atoms with van der Waals surface area (Å²) in [6.07, 6.45) is 3.83. The first-order chi connectivity index (χ1) is 14.6. The van der Waals surface area contributed by atoms with Crippen LogP contribution in [0.1, 0.15) is 18.2 Å². The second-order valence-corrected chi connectivity index (χ2v) is 7.38. The third-order valence-electron chi connectivity index (χ3n) is 4.22. The molecule has 2 aromatic carbocycles. The van der Waals surface area contributed by atoms with Crippen LogP contribution in [0.5, 0.6) is 5.75 Å². The Morgan fingerprint density at radius 2 is 1.81 bits per heavy atom. The molecule has 31 heavy (non-hydrogen) atoms. The van der Waals surface area contributed by atoms with Crippen LogP contribution in [-0.4, -0.2) is 31.6 Å². The number of fused-ring (bicyclic) bond motifs is 1. The van der Waals surface area contributed by atoms with Crippen molar-refractivity contribution in [3.8, 4) is 5.75 Å². The van der Waals surface area contributed by atoms with Gasteiger partial charge in [0.1, 0.15) is 12.8 Å². The van der Waals surface area contributed by atoms with E-state index in [1.807, 2.05) is 62.5 Å². The van der Waals surface area contributed by atoms with Crippen molar-refractivity contribution in [3.63, 3.8) is 0 Å². The summed E-state index contributed by atoms with van der Waals surface area (Å²) in [5.41, 5.74) is 2.97. The van der Waals surface area contributed by atoms with Gasteiger partial charge in [0.25, 0.3) is 5.69 Å². The Bertz CT molecular complexity index is 1210. The number of rotatable bonds is 6. The lowest BCUT2D eigenvalue weighted by Crippen LogP contribution is -2.32. The van der Waals surface area contributed by atoms with Gasteiger partial charge in [-0.1, -0.05) is 12.1 Å². The van der Waals surface area contributed by atoms with Gasteiger partial charge in [0.15, 0.2) is 0 Å². The number of nitro groups is 1. The number of nitrogens with zero attached hydrogens (tertiary/aromatic N) is 2. The molecule has 0 radical (unpaired) electrons. The van der Waals surface area contributed by atoms with Gasteiger partial charge in [-0.2, -0.15) is 4.57 Å². The molecule has 0 saturated heterocycles. The van der Waals surface area contributed by atoms with Gasteiger partial charge in [-0.3, -0.25) is 14.3 Å². The van der Waals surface area contributed by atoms with Gasteiger partial charge >= 0.3 is 0 Å². The summed E-state index contributed by atoms with van der Waals surface area (Å²) in [7, 11) is -1.61. The van der Waals surface area contributed by atoms with E-state index in [-0.39, 0.29) is 10.6 Å². The maximum absolute atomic E-state index is 10.9. The van der Waals surface area contributed by atoms with Crippen LogP contribution in [0.15, 0.2) is 54.6 Å². The van der Waals surface area contributed by atoms with Gasteiger partial charge in [-0.25, -0.2) is 8.42 Å². The molecule has 0 saturated carbocycles. The van der Waals surface area contributed by atoms with Crippen LogP contribution in [0, 0.1) is 10.1 Å². The van der Waals surface area contributed by atoms with E-state index >= 15 is 0 Å². The highest BCUT2D eigenvalue weighted by molar-refractivity contribution is 7.80. The van der Waals surface area contributed by atoms with Crippen LogP contribution in [0.3, 0.4) is 0 Å². The summed E-state index contributed by atoms with van der Waals surface area (Å²) in [6, 6.07) is 16.7. The number of non-ortho nitro benzene ring substituents is 1. The smallest absolute Gasteiger partial charge is 0.270 e. The average molecular weight is 446 g/mol. The van der Waals surface area contributed by atoms with Gasteiger partial charge in [0.05, 0.1) is 24.0 Å². The van der Waals surface area contributed by atoms with E-state index < -0.39 is 10.4 Å². The van der Waals surface area contributed by atoms with Crippen LogP contribution in [-0.2, 0) is 21.6 Å². The number of aromatic nitrogens is 1. The zero-order chi connectivity index (χ0) is 23.0. The summed E-state index contributed by atoms with van der Waals surface area (Å²) in [4.78, 5) is 10.5. The first-order valence-electron chi connectivity index (χ1n) is 9.14. The van der Waals surface area contributed by atoms with Crippen LogP contribution in [0.25, 0.3) is 23.1 Å². The van der Waals surface area contributed by atoms with Gasteiger partial charge in [-0.15, -0.1) is 0 Å². The molecule has 0 bridgehead atoms. The molecule has 0 atom stereocenters. The van der Waals surface area contributed by atoms with Crippen LogP contribution in [0.4, 0.5) is 5.69 Å². The number of hydrogen-bond donors (Lipinski definition) is 0. The van der Waals surface area contributed by atoms with Crippen LogP contribution < -0.4 is 9.30 Å². The van der Waals surface area contributed by atoms with Gasteiger partial charge in [-0.05, 0) is 36.8 Å². The Morgan fingerprint density at radius 3 is 2.42 bits per heavy atom. The molecule has 164 valence electrons. The Kier molecular flexibility index (Phi) is 8.20. The van der Waals surface area contributed by atoms with E-state index in [1.165, 1.54) is 6.07 Å². The summed E-state index contributed by atoms with van der Waals surface area (Å²) < 4.78 is 38.6. The minimum absolute atomic E-state index is 0.0912. The number of ether oxygens (including phenoxy) is 1. The fraction of sp³-hybridized carbons (Fsp3) is 0.190. The number of pyridine rings is 1. The lowest BCUT2D eigenvalue weighted by atomic mass is 10.1. The highest BCUT2D eigenvalue weighted by atomic mass is 32.3. The maximum atomic E-state index is 10.9. The topological polar surface area (TPSA) is 123 Å². The maximum Gasteiger partial charge on any atom is 0.270 e. The Morgan fingerprint density at radius 1 is 1.10 bits per heavy atom. The second kappa shape index (κ2) is 10.6. The lowest BCUT2D eigenvalue weighted by Gasteiger charge is -2.04. The predicted molar refractivity (Wildman–Crippen MR) is 115 cm³/mol. The molecule has 1 heterocycles. The molecule has 0 amide bonds. The Labute approximate surface area is 180 Å². The highest BCUT2D eigenvalue weighted by Gasteiger charge is 2.10. The molecule has 0 unspecified atom stereocenters. The molecular formula is C21H22N2O7S. The monoisotopic (exact) mass is 446 g/mol. The number of benzene rings is 2. The van der Waals surface area contributed by atoms with Crippen molar-refractivity contribution in [2.24, 2.45) is 7.05 Å². The fourth-order valence-electron chi connectivity index (χ4n) is 2.75. The van der Waals surface area contributed by atoms with Crippen LogP contribution in [0.2, 0.25) is 0 Å². The van der Waals surface area contributed by atoms with Crippen molar-refractivity contribution in [2.45, 2.75) is 6.92 Å². The number of hydrogen-bond acceptors (Lipinski definition) is 7. The van der Waals surface area contributed by atoms with Crippen LogP contribution >= 0.6 is 0 Å². The highest BCUT2D eigenvalue weighted by Crippen LogP contribution is 2.20. The molecule has 10 heteroatoms.